The number of methoxy groups -OCH3 is 2. The van der Waals surface area contributed by atoms with Crippen LogP contribution in [0.25, 0.3) is 0 Å². The number of rotatable bonds is 4. The van der Waals surface area contributed by atoms with E-state index in [1.54, 1.807) is 23.1 Å². The molecule has 0 spiro atoms. The van der Waals surface area contributed by atoms with Crippen LogP contribution < -0.4 is 4.90 Å². The first-order valence-corrected chi connectivity index (χ1v) is 9.19. The molecule has 0 unspecified atom stereocenters. The van der Waals surface area contributed by atoms with E-state index in [1.165, 1.54) is 19.1 Å². The van der Waals surface area contributed by atoms with Gasteiger partial charge in [0.25, 0.3) is 5.91 Å². The van der Waals surface area contributed by atoms with Gasteiger partial charge in [-0.2, -0.15) is 0 Å². The number of likely N-dealkylation sites (tertiary alicyclic amines) is 1. The van der Waals surface area contributed by atoms with Crippen molar-refractivity contribution in [3.8, 4) is 0 Å². The summed E-state index contributed by atoms with van der Waals surface area (Å²) >= 11 is 6.36. The molecule has 0 bridgehead atoms. The monoisotopic (exact) mass is 408 g/mol. The number of nitrogens with zero attached hydrogens (tertiary/aromatic N) is 2. The second-order valence-electron chi connectivity index (χ2n) is 6.38. The molecule has 1 fully saturated rings. The Kier molecular flexibility index (Phi) is 6.21. The molecule has 1 saturated heterocycles. The van der Waals surface area contributed by atoms with Crippen LogP contribution in [0.1, 0.15) is 23.2 Å². The minimum absolute atomic E-state index is 0.0201. The summed E-state index contributed by atoms with van der Waals surface area (Å²) in [6, 6.07) is 4.82. The number of carbonyl (C=O) groups excluding carboxylic acids is 3. The molecule has 3 rings (SSSR count). The van der Waals surface area contributed by atoms with Crippen molar-refractivity contribution in [1.29, 1.82) is 0 Å². The van der Waals surface area contributed by atoms with Crippen molar-refractivity contribution in [1.82, 2.24) is 4.90 Å². The lowest BCUT2D eigenvalue weighted by molar-refractivity contribution is -0.140. The van der Waals surface area contributed by atoms with Gasteiger partial charge in [0.2, 0.25) is 0 Å². The van der Waals surface area contributed by atoms with E-state index in [1.807, 2.05) is 0 Å². The van der Waals surface area contributed by atoms with Crippen molar-refractivity contribution in [2.45, 2.75) is 12.8 Å². The maximum absolute atomic E-state index is 12.7. The van der Waals surface area contributed by atoms with Crippen LogP contribution in [0, 0.1) is 0 Å². The molecular formula is C19H21ClN2O6. The second-order valence-corrected chi connectivity index (χ2v) is 6.79. The zero-order valence-corrected chi connectivity index (χ0v) is 16.5. The first kappa shape index (κ1) is 20.2. The van der Waals surface area contributed by atoms with Crippen molar-refractivity contribution in [2.75, 3.05) is 45.5 Å². The molecule has 0 radical (unpaired) electrons. The first-order chi connectivity index (χ1) is 13.5. The Morgan fingerprint density at radius 3 is 2.39 bits per heavy atom. The van der Waals surface area contributed by atoms with E-state index >= 15 is 0 Å². The highest BCUT2D eigenvalue weighted by molar-refractivity contribution is 6.33. The highest BCUT2D eigenvalue weighted by Gasteiger charge is 2.33. The molecule has 2 heterocycles. The molecule has 8 nitrogen and oxygen atoms in total. The molecule has 0 aliphatic carbocycles. The van der Waals surface area contributed by atoms with Gasteiger partial charge < -0.3 is 24.0 Å². The summed E-state index contributed by atoms with van der Waals surface area (Å²) in [4.78, 5) is 40.5. The van der Waals surface area contributed by atoms with Gasteiger partial charge in [-0.25, -0.2) is 9.59 Å². The summed E-state index contributed by atoms with van der Waals surface area (Å²) in [5, 5.41) is 0.300. The summed E-state index contributed by atoms with van der Waals surface area (Å²) in [7, 11) is 2.43. The van der Waals surface area contributed by atoms with Gasteiger partial charge in [0.05, 0.1) is 37.1 Å². The van der Waals surface area contributed by atoms with Crippen molar-refractivity contribution in [3.05, 3.63) is 40.1 Å². The Hall–Kier alpha value is -2.58. The SMILES string of the molecule is COC(=O)C1=C(C(=O)OC)N(c2cc(C(=O)N3CCCC3)ccc2Cl)COC1. The standard InChI is InChI=1S/C19H21ClN2O6/c1-26-18(24)13-10-28-11-22(16(13)19(25)27-2)15-9-12(5-6-14(15)20)17(23)21-7-3-4-8-21/h5-6,9H,3-4,7-8,10-11H2,1-2H3. The normalized spacial score (nSPS) is 17.0. The molecular weight excluding hydrogens is 388 g/mol. The van der Waals surface area contributed by atoms with Gasteiger partial charge in [-0.05, 0) is 31.0 Å². The molecule has 2 aliphatic heterocycles. The van der Waals surface area contributed by atoms with Crippen LogP contribution in [0.2, 0.25) is 5.02 Å². The highest BCUT2D eigenvalue weighted by atomic mass is 35.5. The fraction of sp³-hybridized carbons (Fsp3) is 0.421. The number of halogens is 1. The number of ether oxygens (including phenoxy) is 3. The molecule has 1 amide bonds. The third-order valence-electron chi connectivity index (χ3n) is 4.71. The minimum Gasteiger partial charge on any atom is -0.466 e. The van der Waals surface area contributed by atoms with Gasteiger partial charge in [0.1, 0.15) is 12.4 Å². The quantitative estimate of drug-likeness (QED) is 0.704. The van der Waals surface area contributed by atoms with Gasteiger partial charge in [0, 0.05) is 18.7 Å². The Balaban J connectivity index is 2.05. The van der Waals surface area contributed by atoms with E-state index in [4.69, 9.17) is 25.8 Å². The van der Waals surface area contributed by atoms with Crippen LogP contribution in [0.5, 0.6) is 0 Å². The molecule has 1 aromatic rings. The van der Waals surface area contributed by atoms with E-state index in [2.05, 4.69) is 0 Å². The smallest absolute Gasteiger partial charge is 0.355 e. The van der Waals surface area contributed by atoms with Gasteiger partial charge >= 0.3 is 11.9 Å². The molecule has 9 heteroatoms. The van der Waals surface area contributed by atoms with E-state index in [9.17, 15) is 14.4 Å². The van der Waals surface area contributed by atoms with E-state index in [0.29, 0.717) is 29.4 Å². The molecule has 150 valence electrons. The lowest BCUT2D eigenvalue weighted by Crippen LogP contribution is -2.39. The van der Waals surface area contributed by atoms with Gasteiger partial charge in [-0.15, -0.1) is 0 Å². The Bertz CT molecular complexity index is 832. The molecule has 0 atom stereocenters. The Labute approximate surface area is 167 Å². The van der Waals surface area contributed by atoms with Crippen LogP contribution >= 0.6 is 11.6 Å². The third-order valence-corrected chi connectivity index (χ3v) is 5.03. The zero-order valence-electron chi connectivity index (χ0n) is 15.7. The fourth-order valence-electron chi connectivity index (χ4n) is 3.29. The zero-order chi connectivity index (χ0) is 20.3. The second kappa shape index (κ2) is 8.62. The minimum atomic E-state index is -0.726. The number of hydrogen-bond acceptors (Lipinski definition) is 7. The molecule has 0 aromatic heterocycles. The Morgan fingerprint density at radius 2 is 1.75 bits per heavy atom. The van der Waals surface area contributed by atoms with Gasteiger partial charge in [-0.1, -0.05) is 11.6 Å². The van der Waals surface area contributed by atoms with Crippen LogP contribution in [0.3, 0.4) is 0 Å². The highest BCUT2D eigenvalue weighted by Crippen LogP contribution is 2.33. The lowest BCUT2D eigenvalue weighted by Gasteiger charge is -2.32. The van der Waals surface area contributed by atoms with E-state index in [0.717, 1.165) is 12.8 Å². The molecule has 0 N–H and O–H groups in total. The van der Waals surface area contributed by atoms with Crippen LogP contribution in [0.4, 0.5) is 5.69 Å². The number of anilines is 1. The molecule has 28 heavy (non-hydrogen) atoms. The number of esters is 2. The number of carbonyl (C=O) groups is 3. The van der Waals surface area contributed by atoms with Crippen LogP contribution in [-0.2, 0) is 23.8 Å². The van der Waals surface area contributed by atoms with Crippen LogP contribution in [0.15, 0.2) is 29.5 Å². The third kappa shape index (κ3) is 3.83. The topological polar surface area (TPSA) is 85.4 Å². The van der Waals surface area contributed by atoms with E-state index in [-0.39, 0.29) is 30.5 Å². The number of amides is 1. The number of benzene rings is 1. The molecule has 1 aromatic carbocycles. The van der Waals surface area contributed by atoms with Gasteiger partial charge in [0.15, 0.2) is 0 Å². The van der Waals surface area contributed by atoms with Crippen molar-refractivity contribution in [2.24, 2.45) is 0 Å². The first-order valence-electron chi connectivity index (χ1n) is 8.81. The summed E-state index contributed by atoms with van der Waals surface area (Å²) < 4.78 is 15.1. The summed E-state index contributed by atoms with van der Waals surface area (Å²) in [5.74, 6) is -1.54. The molecule has 2 aliphatic rings. The van der Waals surface area contributed by atoms with E-state index < -0.39 is 11.9 Å². The van der Waals surface area contributed by atoms with Crippen LogP contribution in [-0.4, -0.2) is 63.4 Å². The fourth-order valence-corrected chi connectivity index (χ4v) is 3.51. The maximum atomic E-state index is 12.7. The average Bonchev–Trinajstić information content (AvgIpc) is 3.26. The predicted octanol–water partition coefficient (Wildman–Crippen LogP) is 1.97. The van der Waals surface area contributed by atoms with Gasteiger partial charge in [-0.3, -0.25) is 4.79 Å². The van der Waals surface area contributed by atoms with Crippen molar-refractivity contribution in [3.63, 3.8) is 0 Å². The van der Waals surface area contributed by atoms with Crippen molar-refractivity contribution < 1.29 is 28.6 Å². The van der Waals surface area contributed by atoms with Crippen molar-refractivity contribution >= 4 is 35.1 Å². The summed E-state index contributed by atoms with van der Waals surface area (Å²) in [6.07, 6.45) is 1.95. The predicted molar refractivity (Wildman–Crippen MR) is 101 cm³/mol. The lowest BCUT2D eigenvalue weighted by atomic mass is 10.1. The Morgan fingerprint density at radius 1 is 1.07 bits per heavy atom. The number of hydrogen-bond donors (Lipinski definition) is 0. The summed E-state index contributed by atoms with van der Waals surface area (Å²) in [6.45, 7) is 1.29. The average molecular weight is 409 g/mol. The molecule has 0 saturated carbocycles. The largest absolute Gasteiger partial charge is 0.466 e. The summed E-state index contributed by atoms with van der Waals surface area (Å²) in [5.41, 5.74) is 0.810. The maximum Gasteiger partial charge on any atom is 0.355 e.